The van der Waals surface area contributed by atoms with Gasteiger partial charge >= 0.3 is 29.8 Å². The van der Waals surface area contributed by atoms with Crippen LogP contribution in [0.5, 0.6) is 0 Å². The zero-order valence-electron chi connectivity index (χ0n) is 19.3. The van der Waals surface area contributed by atoms with E-state index in [-0.39, 0.29) is 11.9 Å². The fraction of sp³-hybridized carbons (Fsp3) is 0.318. The fourth-order valence-corrected chi connectivity index (χ4v) is 0.693. The van der Waals surface area contributed by atoms with Crippen LogP contribution in [0.2, 0.25) is 0 Å². The van der Waals surface area contributed by atoms with E-state index >= 15 is 0 Å². The topological polar surface area (TPSA) is 163 Å². The van der Waals surface area contributed by atoms with Crippen LogP contribution in [0.25, 0.3) is 0 Å². The summed E-state index contributed by atoms with van der Waals surface area (Å²) >= 11 is 0. The first-order valence-corrected chi connectivity index (χ1v) is 9.13. The summed E-state index contributed by atoms with van der Waals surface area (Å²) in [5, 5.41) is 15.2. The summed E-state index contributed by atoms with van der Waals surface area (Å²) in [7, 11) is 1.25. The van der Waals surface area contributed by atoms with E-state index in [1.54, 1.807) is 6.92 Å². The van der Waals surface area contributed by atoms with Crippen LogP contribution in [0.3, 0.4) is 0 Å². The number of rotatable bonds is 10. The molecule has 0 heterocycles. The van der Waals surface area contributed by atoms with Crippen molar-refractivity contribution in [2.24, 2.45) is 0 Å². The Bertz CT molecular complexity index is 567. The Labute approximate surface area is 194 Å². The SMILES string of the molecule is C=CC(=O)O.C=CC(=O)O.C=CC(=O)OCC.C=CC(=O)OCCCC.C=CC(=O)OOC. The highest BCUT2D eigenvalue weighted by Gasteiger charge is 1.91. The van der Waals surface area contributed by atoms with Crippen LogP contribution < -0.4 is 0 Å². The van der Waals surface area contributed by atoms with Crippen molar-refractivity contribution in [1.29, 1.82) is 0 Å². The molecule has 0 rings (SSSR count). The van der Waals surface area contributed by atoms with Gasteiger partial charge in [-0.3, -0.25) is 4.89 Å². The molecule has 0 atom stereocenters. The smallest absolute Gasteiger partial charge is 0.365 e. The van der Waals surface area contributed by atoms with Crippen molar-refractivity contribution in [3.63, 3.8) is 0 Å². The van der Waals surface area contributed by atoms with Gasteiger partial charge < -0.3 is 19.7 Å². The second kappa shape index (κ2) is 35.4. The monoisotopic (exact) mass is 474 g/mol. The van der Waals surface area contributed by atoms with E-state index < -0.39 is 17.9 Å². The van der Waals surface area contributed by atoms with Gasteiger partial charge in [0.2, 0.25) is 0 Å². The number of carbonyl (C=O) groups excluding carboxylic acids is 3. The number of ether oxygens (including phenoxy) is 2. The van der Waals surface area contributed by atoms with Crippen LogP contribution >= 0.6 is 0 Å². The predicted octanol–water partition coefficient (Wildman–Crippen LogP) is 3.04. The molecule has 0 aliphatic heterocycles. The summed E-state index contributed by atoms with van der Waals surface area (Å²) in [5.74, 6) is -3.23. The molecule has 0 aliphatic carbocycles. The predicted molar refractivity (Wildman–Crippen MR) is 122 cm³/mol. The molecule has 0 aliphatic rings. The Morgan fingerprint density at radius 3 is 1.24 bits per heavy atom. The van der Waals surface area contributed by atoms with Gasteiger partial charge in [-0.15, -0.1) is 0 Å². The Morgan fingerprint density at radius 2 is 1.06 bits per heavy atom. The molecule has 33 heavy (non-hydrogen) atoms. The average molecular weight is 475 g/mol. The number of carboxylic acids is 2. The summed E-state index contributed by atoms with van der Waals surface area (Å²) in [6, 6.07) is 0. The first-order chi connectivity index (χ1) is 15.5. The lowest BCUT2D eigenvalue weighted by Crippen LogP contribution is -2.00. The van der Waals surface area contributed by atoms with E-state index in [0.29, 0.717) is 13.2 Å². The molecule has 0 aromatic carbocycles. The maximum absolute atomic E-state index is 10.3. The molecule has 0 saturated carbocycles. The highest BCUT2D eigenvalue weighted by atomic mass is 17.2. The van der Waals surface area contributed by atoms with Gasteiger partial charge in [0, 0.05) is 30.4 Å². The molecule has 0 aromatic rings. The van der Waals surface area contributed by atoms with Gasteiger partial charge in [0.05, 0.1) is 20.3 Å². The molecule has 0 radical (unpaired) electrons. The minimum Gasteiger partial charge on any atom is -0.478 e. The van der Waals surface area contributed by atoms with Gasteiger partial charge in [0.1, 0.15) is 0 Å². The fourth-order valence-electron chi connectivity index (χ4n) is 0.693. The number of unbranched alkanes of at least 4 members (excludes halogenated alkanes) is 1. The molecule has 0 saturated heterocycles. The maximum atomic E-state index is 10.3. The van der Waals surface area contributed by atoms with Gasteiger partial charge in [-0.1, -0.05) is 46.2 Å². The van der Waals surface area contributed by atoms with Crippen LogP contribution in [0.1, 0.15) is 26.7 Å². The Hall–Kier alpha value is -3.99. The second-order valence-electron chi connectivity index (χ2n) is 4.54. The zero-order chi connectivity index (χ0) is 27.1. The second-order valence-corrected chi connectivity index (χ2v) is 4.54. The zero-order valence-corrected chi connectivity index (χ0v) is 19.3. The highest BCUT2D eigenvalue weighted by Crippen LogP contribution is 1.88. The summed E-state index contributed by atoms with van der Waals surface area (Å²) in [5.41, 5.74) is 0. The molecule has 11 heteroatoms. The summed E-state index contributed by atoms with van der Waals surface area (Å²) in [4.78, 5) is 56.8. The van der Waals surface area contributed by atoms with Crippen LogP contribution in [-0.2, 0) is 43.2 Å². The van der Waals surface area contributed by atoms with Crippen LogP contribution in [0.4, 0.5) is 0 Å². The molecule has 0 bridgehead atoms. The van der Waals surface area contributed by atoms with Crippen molar-refractivity contribution in [2.45, 2.75) is 26.7 Å². The Morgan fingerprint density at radius 1 is 0.697 bits per heavy atom. The number of hydrogen-bond donors (Lipinski definition) is 2. The van der Waals surface area contributed by atoms with E-state index in [4.69, 9.17) is 10.2 Å². The van der Waals surface area contributed by atoms with Gasteiger partial charge in [-0.05, 0) is 13.3 Å². The van der Waals surface area contributed by atoms with E-state index in [2.05, 4.69) is 52.1 Å². The van der Waals surface area contributed by atoms with E-state index in [1.807, 2.05) is 6.92 Å². The van der Waals surface area contributed by atoms with E-state index in [9.17, 15) is 24.0 Å². The molecular formula is C22H34O11. The normalized spacial score (nSPS) is 7.48. The number of esters is 2. The van der Waals surface area contributed by atoms with Crippen molar-refractivity contribution in [3.8, 4) is 0 Å². The van der Waals surface area contributed by atoms with E-state index in [0.717, 1.165) is 37.1 Å². The van der Waals surface area contributed by atoms with Crippen molar-refractivity contribution in [2.75, 3.05) is 20.3 Å². The average Bonchev–Trinajstić information content (AvgIpc) is 2.80. The van der Waals surface area contributed by atoms with Crippen molar-refractivity contribution in [1.82, 2.24) is 0 Å². The quantitative estimate of drug-likeness (QED) is 0.157. The highest BCUT2D eigenvalue weighted by molar-refractivity contribution is 5.81. The standard InChI is InChI=1S/C7H12O2.C5H8O2.C4H6O3.2C3H4O2/c1-3-5-6-9-7(8)4-2;1-3-5(6)7-4-2;1-3-4(5)7-6-2;2*1-2-3(4)5/h4H,2-3,5-6H2,1H3;3H,1,4H2,2H3;3H,1H2,2H3;2*2H,1H2,(H,4,5). The molecule has 188 valence electrons. The minimum absolute atomic E-state index is 0.330. The first kappa shape index (κ1) is 39.5. The molecule has 0 unspecified atom stereocenters. The van der Waals surface area contributed by atoms with Crippen LogP contribution in [0.15, 0.2) is 63.3 Å². The summed E-state index contributed by atoms with van der Waals surface area (Å²) in [6.07, 6.45) is 6.98. The lowest BCUT2D eigenvalue weighted by Gasteiger charge is -1.97. The largest absolute Gasteiger partial charge is 0.478 e. The molecule has 0 spiro atoms. The lowest BCUT2D eigenvalue weighted by atomic mass is 10.4. The van der Waals surface area contributed by atoms with Gasteiger partial charge in [-0.25, -0.2) is 24.0 Å². The third kappa shape index (κ3) is 65.5. The number of carbonyl (C=O) groups is 5. The van der Waals surface area contributed by atoms with Crippen molar-refractivity contribution < 1.29 is 53.4 Å². The first-order valence-electron chi connectivity index (χ1n) is 9.13. The van der Waals surface area contributed by atoms with Crippen molar-refractivity contribution >= 4 is 29.8 Å². The van der Waals surface area contributed by atoms with Gasteiger partial charge in [0.15, 0.2) is 0 Å². The number of carboxylic acid groups (broad SMARTS) is 2. The minimum atomic E-state index is -0.981. The third-order valence-corrected chi connectivity index (χ3v) is 2.04. The molecule has 0 aromatic heterocycles. The van der Waals surface area contributed by atoms with Crippen LogP contribution in [-0.4, -0.2) is 60.4 Å². The Balaban J connectivity index is -0.000000101. The summed E-state index contributed by atoms with van der Waals surface area (Å²) in [6.45, 7) is 20.2. The number of aliphatic carboxylic acids is 2. The molecule has 11 nitrogen and oxygen atoms in total. The Kier molecular flexibility index (Phi) is 42.4. The maximum Gasteiger partial charge on any atom is 0.365 e. The van der Waals surface area contributed by atoms with Crippen LogP contribution in [0, 0.1) is 0 Å². The molecule has 0 fully saturated rings. The molecule has 2 N–H and O–H groups in total. The number of hydrogen-bond acceptors (Lipinski definition) is 9. The van der Waals surface area contributed by atoms with Gasteiger partial charge in [0.25, 0.3) is 0 Å². The van der Waals surface area contributed by atoms with E-state index in [1.165, 1.54) is 13.2 Å². The molecular weight excluding hydrogens is 440 g/mol. The molecule has 0 amide bonds. The van der Waals surface area contributed by atoms with Crippen molar-refractivity contribution in [3.05, 3.63) is 63.3 Å². The van der Waals surface area contributed by atoms with Gasteiger partial charge in [-0.2, -0.15) is 4.89 Å². The summed E-state index contributed by atoms with van der Waals surface area (Å²) < 4.78 is 9.11. The lowest BCUT2D eigenvalue weighted by molar-refractivity contribution is -0.249. The third-order valence-electron chi connectivity index (χ3n) is 2.04.